The van der Waals surface area contributed by atoms with Crippen LogP contribution in [-0.2, 0) is 6.54 Å². The van der Waals surface area contributed by atoms with E-state index in [1.807, 2.05) is 11.0 Å². The van der Waals surface area contributed by atoms with E-state index in [2.05, 4.69) is 20.8 Å². The Balaban J connectivity index is 1.26. The van der Waals surface area contributed by atoms with Crippen molar-refractivity contribution in [2.24, 2.45) is 0 Å². The predicted molar refractivity (Wildman–Crippen MR) is 181 cm³/mol. The maximum atomic E-state index is 17.2. The molecule has 0 radical (unpaired) electrons. The molecule has 254 valence electrons. The molecule has 0 bridgehead atoms. The summed E-state index contributed by atoms with van der Waals surface area (Å²) >= 11 is 0. The molecule has 4 atom stereocenters. The number of ether oxygens (including phenoxy) is 2. The average molecular weight is 680 g/mol. The van der Waals surface area contributed by atoms with Crippen molar-refractivity contribution in [1.82, 2.24) is 24.8 Å². The number of nitrogen functional groups attached to an aromatic ring is 1. The van der Waals surface area contributed by atoms with Gasteiger partial charge in [-0.2, -0.15) is 9.97 Å². The first-order valence-electron chi connectivity index (χ1n) is 16.7. The number of phenolic OH excluding ortho intramolecular Hbond substituents is 1. The lowest BCUT2D eigenvalue weighted by Gasteiger charge is -2.42. The van der Waals surface area contributed by atoms with Crippen LogP contribution in [0.15, 0.2) is 42.6 Å². The first-order chi connectivity index (χ1) is 24.2. The van der Waals surface area contributed by atoms with Crippen molar-refractivity contribution in [3.8, 4) is 41.2 Å². The number of hydrogen-bond donors (Lipinski definition) is 2. The number of nitrogens with two attached hydrogens (primary N) is 1. The Morgan fingerprint density at radius 2 is 2.02 bits per heavy atom. The lowest BCUT2D eigenvalue weighted by Crippen LogP contribution is -2.52. The van der Waals surface area contributed by atoms with E-state index in [4.69, 9.17) is 31.6 Å². The smallest absolute Gasteiger partial charge is 0.319 e. The number of halogens is 3. The Labute approximate surface area is 285 Å². The number of anilines is 2. The predicted octanol–water partition coefficient (Wildman–Crippen LogP) is 5.67. The summed E-state index contributed by atoms with van der Waals surface area (Å²) in [6.07, 6.45) is 9.55. The third kappa shape index (κ3) is 4.69. The van der Waals surface area contributed by atoms with Crippen LogP contribution >= 0.6 is 0 Å². The Kier molecular flexibility index (Phi) is 6.96. The van der Waals surface area contributed by atoms with E-state index in [1.165, 1.54) is 24.3 Å². The van der Waals surface area contributed by atoms with Crippen LogP contribution in [-0.4, -0.2) is 73.5 Å². The number of aromatic hydroxyl groups is 1. The first kappa shape index (κ1) is 30.7. The molecule has 1 aliphatic carbocycles. The number of aromatic nitrogens is 4. The number of benzene rings is 2. The zero-order valence-corrected chi connectivity index (χ0v) is 26.9. The molecule has 9 rings (SSSR count). The van der Waals surface area contributed by atoms with E-state index >= 15 is 8.78 Å². The molecule has 0 amide bonds. The summed E-state index contributed by atoms with van der Waals surface area (Å²) in [6, 6.07) is 8.79. The van der Waals surface area contributed by atoms with E-state index in [9.17, 15) is 9.50 Å². The van der Waals surface area contributed by atoms with Crippen molar-refractivity contribution in [2.75, 3.05) is 30.3 Å². The third-order valence-electron chi connectivity index (χ3n) is 10.8. The Morgan fingerprint density at radius 1 is 1.14 bits per heavy atom. The van der Waals surface area contributed by atoms with Gasteiger partial charge in [0.1, 0.15) is 58.7 Å². The van der Waals surface area contributed by atoms with Crippen LogP contribution in [0, 0.1) is 24.0 Å². The second-order valence-corrected chi connectivity index (χ2v) is 13.6. The van der Waals surface area contributed by atoms with E-state index in [-0.39, 0.29) is 69.5 Å². The van der Waals surface area contributed by atoms with Crippen LogP contribution in [0.4, 0.5) is 24.8 Å². The van der Waals surface area contributed by atoms with E-state index in [0.29, 0.717) is 43.0 Å². The van der Waals surface area contributed by atoms with Crippen molar-refractivity contribution in [1.29, 1.82) is 0 Å². The van der Waals surface area contributed by atoms with Gasteiger partial charge < -0.3 is 25.2 Å². The second kappa shape index (κ2) is 11.3. The fourth-order valence-corrected chi connectivity index (χ4v) is 8.25. The summed E-state index contributed by atoms with van der Waals surface area (Å²) in [5.41, 5.74) is 6.13. The molecule has 2 aromatic carbocycles. The standard InChI is InChI=1S/C37H32F3N7O3/c1-2-23-25(39)7-6-19-13-22(48)14-24(28(19)23)31-30(40)32-29-34(45-36(44-32)49-18-37-10-4-12-46(37)17-21(38)15-37)47(16-20-5-3-11-42-33(20)41)26-8-9-27(26)50-35(29)43-31/h1,3,5-7,11,13-14,21,26-27,48H,4,8-10,12,15-18H2,(H2,41,42)/t21-,26+,27-,37+/m1/s1. The van der Waals surface area contributed by atoms with Gasteiger partial charge in [-0.3, -0.25) is 4.90 Å². The summed E-state index contributed by atoms with van der Waals surface area (Å²) in [5, 5.41) is 11.5. The van der Waals surface area contributed by atoms with Crippen molar-refractivity contribution < 1.29 is 27.8 Å². The molecule has 0 unspecified atom stereocenters. The second-order valence-electron chi connectivity index (χ2n) is 13.6. The van der Waals surface area contributed by atoms with Crippen LogP contribution in [0.5, 0.6) is 17.6 Å². The van der Waals surface area contributed by atoms with Gasteiger partial charge in [-0.05, 0) is 61.9 Å². The summed E-state index contributed by atoms with van der Waals surface area (Å²) < 4.78 is 59.7. The molecule has 2 saturated heterocycles. The maximum Gasteiger partial charge on any atom is 0.319 e. The van der Waals surface area contributed by atoms with Crippen molar-refractivity contribution in [3.63, 3.8) is 0 Å². The van der Waals surface area contributed by atoms with E-state index < -0.39 is 23.3 Å². The Hall–Kier alpha value is -5.35. The monoisotopic (exact) mass is 679 g/mol. The molecule has 13 heteroatoms. The number of pyridine rings is 2. The quantitative estimate of drug-likeness (QED) is 0.217. The lowest BCUT2D eigenvalue weighted by molar-refractivity contribution is 0.0871. The van der Waals surface area contributed by atoms with Crippen LogP contribution in [0.25, 0.3) is 32.9 Å². The normalized spacial score (nSPS) is 24.0. The molecule has 6 heterocycles. The van der Waals surface area contributed by atoms with Crippen molar-refractivity contribution in [3.05, 3.63) is 65.4 Å². The Bertz CT molecular complexity index is 2260. The minimum atomic E-state index is -0.960. The van der Waals surface area contributed by atoms with Crippen LogP contribution < -0.4 is 20.1 Å². The van der Waals surface area contributed by atoms with Gasteiger partial charge in [-0.25, -0.2) is 23.1 Å². The fraction of sp³-hybridized carbons (Fsp3) is 0.351. The fourth-order valence-electron chi connectivity index (χ4n) is 8.25. The zero-order valence-electron chi connectivity index (χ0n) is 26.9. The molecule has 50 heavy (non-hydrogen) atoms. The molecule has 10 nitrogen and oxygen atoms in total. The van der Waals surface area contributed by atoms with Crippen molar-refractivity contribution in [2.45, 2.75) is 62.5 Å². The summed E-state index contributed by atoms with van der Waals surface area (Å²) in [4.78, 5) is 22.6. The van der Waals surface area contributed by atoms with Gasteiger partial charge >= 0.3 is 6.01 Å². The highest BCUT2D eigenvalue weighted by molar-refractivity contribution is 6.04. The molecular formula is C37H32F3N7O3. The molecule has 3 fully saturated rings. The summed E-state index contributed by atoms with van der Waals surface area (Å²) in [6.45, 7) is 1.55. The highest BCUT2D eigenvalue weighted by atomic mass is 19.1. The summed E-state index contributed by atoms with van der Waals surface area (Å²) in [5.74, 6) is 1.44. The number of phenols is 1. The molecule has 5 aromatic rings. The number of hydrogen-bond acceptors (Lipinski definition) is 10. The Morgan fingerprint density at radius 3 is 2.82 bits per heavy atom. The van der Waals surface area contributed by atoms with E-state index in [1.54, 1.807) is 12.3 Å². The molecule has 0 spiro atoms. The summed E-state index contributed by atoms with van der Waals surface area (Å²) in [7, 11) is 0. The first-order valence-corrected chi connectivity index (χ1v) is 16.7. The molecule has 4 aliphatic rings. The third-order valence-corrected chi connectivity index (χ3v) is 10.8. The SMILES string of the molecule is C#Cc1c(F)ccc2cc(O)cc(-c3nc4c5c(nc(OC[C@@]67CCCN6C[C@H](F)C7)nc5c3F)N(Cc3cccnc3N)[C@H]3CC[C@H]3O4)c12. The van der Waals surface area contributed by atoms with Crippen LogP contribution in [0.3, 0.4) is 0 Å². The van der Waals surface area contributed by atoms with Gasteiger partial charge in [0, 0.05) is 42.2 Å². The molecule has 3 aliphatic heterocycles. The topological polar surface area (TPSA) is 123 Å². The number of rotatable bonds is 6. The van der Waals surface area contributed by atoms with Gasteiger partial charge in [0.05, 0.1) is 17.1 Å². The van der Waals surface area contributed by atoms with Gasteiger partial charge in [-0.1, -0.05) is 18.1 Å². The average Bonchev–Trinajstić information content (AvgIpc) is 3.60. The number of nitrogens with zero attached hydrogens (tertiary/aromatic N) is 6. The van der Waals surface area contributed by atoms with Gasteiger partial charge in [0.2, 0.25) is 5.88 Å². The number of alkyl halides is 1. The van der Waals surface area contributed by atoms with Crippen LogP contribution in [0.2, 0.25) is 0 Å². The van der Waals surface area contributed by atoms with Crippen LogP contribution in [0.1, 0.15) is 43.2 Å². The minimum absolute atomic E-state index is 0.0733. The minimum Gasteiger partial charge on any atom is -0.508 e. The molecule has 3 aromatic heterocycles. The molecular weight excluding hydrogens is 647 g/mol. The maximum absolute atomic E-state index is 17.2. The number of fused-ring (bicyclic) bond motifs is 3. The lowest BCUT2D eigenvalue weighted by atomic mass is 9.87. The van der Waals surface area contributed by atoms with E-state index in [0.717, 1.165) is 31.4 Å². The van der Waals surface area contributed by atoms with Crippen molar-refractivity contribution >= 4 is 33.3 Å². The molecule has 1 saturated carbocycles. The largest absolute Gasteiger partial charge is 0.508 e. The number of terminal acetylenes is 1. The zero-order chi connectivity index (χ0) is 34.3. The highest BCUT2D eigenvalue weighted by Gasteiger charge is 2.50. The molecule has 3 N–H and O–H groups in total. The highest BCUT2D eigenvalue weighted by Crippen LogP contribution is 2.47. The van der Waals surface area contributed by atoms with Gasteiger partial charge in [0.15, 0.2) is 5.82 Å². The van der Waals surface area contributed by atoms with Gasteiger partial charge in [0.25, 0.3) is 0 Å². The van der Waals surface area contributed by atoms with Gasteiger partial charge in [-0.15, -0.1) is 6.42 Å².